The van der Waals surface area contributed by atoms with Crippen molar-refractivity contribution in [3.63, 3.8) is 0 Å². The SMILES string of the molecule is CCNc1cc(C(=O)N2CC(CO)OC(C)(C)C2)ccn1. The van der Waals surface area contributed by atoms with Gasteiger partial charge in [0.25, 0.3) is 5.91 Å². The molecule has 1 aromatic heterocycles. The Bertz CT molecular complexity index is 505. The van der Waals surface area contributed by atoms with Gasteiger partial charge in [0.15, 0.2) is 0 Å². The van der Waals surface area contributed by atoms with Crippen molar-refractivity contribution in [2.45, 2.75) is 32.5 Å². The molecule has 1 saturated heterocycles. The third-order valence-electron chi connectivity index (χ3n) is 3.34. The van der Waals surface area contributed by atoms with Crippen LogP contribution in [0.15, 0.2) is 18.3 Å². The molecule has 0 aromatic carbocycles. The first kappa shape index (κ1) is 15.7. The lowest BCUT2D eigenvalue weighted by Gasteiger charge is -2.42. The first-order valence-corrected chi connectivity index (χ1v) is 7.23. The van der Waals surface area contributed by atoms with E-state index in [1.54, 1.807) is 23.2 Å². The van der Waals surface area contributed by atoms with Crippen molar-refractivity contribution in [3.8, 4) is 0 Å². The Labute approximate surface area is 125 Å². The Kier molecular flexibility index (Phi) is 4.80. The van der Waals surface area contributed by atoms with E-state index in [2.05, 4.69) is 10.3 Å². The van der Waals surface area contributed by atoms with Gasteiger partial charge in [0, 0.05) is 31.4 Å². The molecule has 2 heterocycles. The number of carbonyl (C=O) groups excluding carboxylic acids is 1. The second-order valence-electron chi connectivity index (χ2n) is 5.83. The van der Waals surface area contributed by atoms with Crippen LogP contribution in [0.5, 0.6) is 0 Å². The van der Waals surface area contributed by atoms with Crippen molar-refractivity contribution in [1.29, 1.82) is 0 Å². The maximum absolute atomic E-state index is 12.6. The Hall–Kier alpha value is -1.66. The first-order valence-electron chi connectivity index (χ1n) is 7.23. The maximum Gasteiger partial charge on any atom is 0.254 e. The van der Waals surface area contributed by atoms with Crippen LogP contribution in [-0.4, -0.2) is 58.8 Å². The van der Waals surface area contributed by atoms with E-state index in [-0.39, 0.29) is 18.6 Å². The van der Waals surface area contributed by atoms with E-state index in [1.165, 1.54) is 0 Å². The largest absolute Gasteiger partial charge is 0.394 e. The van der Waals surface area contributed by atoms with Crippen LogP contribution in [-0.2, 0) is 4.74 Å². The minimum absolute atomic E-state index is 0.0635. The summed E-state index contributed by atoms with van der Waals surface area (Å²) in [6, 6.07) is 3.46. The topological polar surface area (TPSA) is 74.7 Å². The number of aliphatic hydroxyl groups is 1. The van der Waals surface area contributed by atoms with Crippen LogP contribution in [0.25, 0.3) is 0 Å². The highest BCUT2D eigenvalue weighted by Crippen LogP contribution is 2.22. The molecule has 1 amide bonds. The van der Waals surface area contributed by atoms with E-state index < -0.39 is 5.60 Å². The molecule has 0 radical (unpaired) electrons. The molecule has 6 heteroatoms. The third-order valence-corrected chi connectivity index (χ3v) is 3.34. The van der Waals surface area contributed by atoms with Gasteiger partial charge in [-0.3, -0.25) is 4.79 Å². The summed E-state index contributed by atoms with van der Waals surface area (Å²) >= 11 is 0. The Morgan fingerprint density at radius 2 is 2.38 bits per heavy atom. The molecule has 2 rings (SSSR count). The monoisotopic (exact) mass is 293 g/mol. The minimum atomic E-state index is -0.459. The molecule has 0 bridgehead atoms. The van der Waals surface area contributed by atoms with Crippen molar-refractivity contribution in [1.82, 2.24) is 9.88 Å². The van der Waals surface area contributed by atoms with Gasteiger partial charge in [0.05, 0.1) is 18.3 Å². The zero-order valence-corrected chi connectivity index (χ0v) is 12.8. The number of nitrogens with one attached hydrogen (secondary N) is 1. The standard InChI is InChI=1S/C15H23N3O3/c1-4-16-13-7-11(5-6-17-13)14(20)18-8-12(9-19)21-15(2,3)10-18/h5-7,12,19H,4,8-10H2,1-3H3,(H,16,17). The van der Waals surface area contributed by atoms with E-state index in [1.807, 2.05) is 20.8 Å². The second-order valence-corrected chi connectivity index (χ2v) is 5.83. The van der Waals surface area contributed by atoms with Gasteiger partial charge < -0.3 is 20.1 Å². The summed E-state index contributed by atoms with van der Waals surface area (Å²) < 4.78 is 5.73. The molecule has 6 nitrogen and oxygen atoms in total. The zero-order chi connectivity index (χ0) is 15.5. The molecule has 21 heavy (non-hydrogen) atoms. The molecule has 1 aromatic rings. The van der Waals surface area contributed by atoms with Gasteiger partial charge in [-0.2, -0.15) is 0 Å². The van der Waals surface area contributed by atoms with Crippen molar-refractivity contribution in [3.05, 3.63) is 23.9 Å². The van der Waals surface area contributed by atoms with E-state index in [4.69, 9.17) is 4.74 Å². The fourth-order valence-electron chi connectivity index (χ4n) is 2.57. The van der Waals surface area contributed by atoms with Crippen LogP contribution in [0, 0.1) is 0 Å². The fraction of sp³-hybridized carbons (Fsp3) is 0.600. The molecule has 2 N–H and O–H groups in total. The van der Waals surface area contributed by atoms with Crippen LogP contribution in [0.4, 0.5) is 5.82 Å². The number of rotatable bonds is 4. The molecular formula is C15H23N3O3. The number of aromatic nitrogens is 1. The highest BCUT2D eigenvalue weighted by atomic mass is 16.5. The number of pyridine rings is 1. The Morgan fingerprint density at radius 3 is 3.05 bits per heavy atom. The smallest absolute Gasteiger partial charge is 0.254 e. The highest BCUT2D eigenvalue weighted by molar-refractivity contribution is 5.95. The highest BCUT2D eigenvalue weighted by Gasteiger charge is 2.35. The lowest BCUT2D eigenvalue weighted by Crippen LogP contribution is -2.55. The summed E-state index contributed by atoms with van der Waals surface area (Å²) in [5.74, 6) is 0.626. The molecule has 1 unspecified atom stereocenters. The number of carbonyl (C=O) groups is 1. The lowest BCUT2D eigenvalue weighted by molar-refractivity contribution is -0.139. The van der Waals surface area contributed by atoms with Gasteiger partial charge in [-0.15, -0.1) is 0 Å². The normalized spacial score (nSPS) is 21.1. The summed E-state index contributed by atoms with van der Waals surface area (Å²) in [6.45, 7) is 7.39. The van der Waals surface area contributed by atoms with Gasteiger partial charge in [-0.25, -0.2) is 4.98 Å². The number of hydrogen-bond acceptors (Lipinski definition) is 5. The average Bonchev–Trinajstić information content (AvgIpc) is 2.45. The summed E-state index contributed by atoms with van der Waals surface area (Å²) in [5.41, 5.74) is 0.133. The van der Waals surface area contributed by atoms with Crippen LogP contribution < -0.4 is 5.32 Å². The molecule has 1 aliphatic rings. The zero-order valence-electron chi connectivity index (χ0n) is 12.8. The van der Waals surface area contributed by atoms with E-state index in [0.717, 1.165) is 6.54 Å². The molecule has 0 aliphatic carbocycles. The number of amides is 1. The number of ether oxygens (including phenoxy) is 1. The van der Waals surface area contributed by atoms with Crippen LogP contribution in [0.3, 0.4) is 0 Å². The number of nitrogens with zero attached hydrogens (tertiary/aromatic N) is 2. The molecule has 1 aliphatic heterocycles. The van der Waals surface area contributed by atoms with Crippen molar-refractivity contribution >= 4 is 11.7 Å². The number of aliphatic hydroxyl groups excluding tert-OH is 1. The van der Waals surface area contributed by atoms with Gasteiger partial charge in [-0.1, -0.05) is 0 Å². The average molecular weight is 293 g/mol. The molecule has 0 saturated carbocycles. The van der Waals surface area contributed by atoms with Crippen molar-refractivity contribution < 1.29 is 14.6 Å². The third kappa shape index (κ3) is 3.92. The lowest BCUT2D eigenvalue weighted by atomic mass is 10.0. The van der Waals surface area contributed by atoms with E-state index in [0.29, 0.717) is 24.5 Å². The van der Waals surface area contributed by atoms with Crippen molar-refractivity contribution in [2.75, 3.05) is 31.6 Å². The number of hydrogen-bond donors (Lipinski definition) is 2. The van der Waals surface area contributed by atoms with Crippen LogP contribution >= 0.6 is 0 Å². The van der Waals surface area contributed by atoms with Crippen LogP contribution in [0.2, 0.25) is 0 Å². The van der Waals surface area contributed by atoms with Gasteiger partial charge in [-0.05, 0) is 32.9 Å². The Balaban J connectivity index is 2.16. The minimum Gasteiger partial charge on any atom is -0.394 e. The Morgan fingerprint density at radius 1 is 1.62 bits per heavy atom. The number of anilines is 1. The maximum atomic E-state index is 12.6. The molecule has 1 fully saturated rings. The van der Waals surface area contributed by atoms with Gasteiger partial charge in [0.2, 0.25) is 0 Å². The predicted octanol–water partition coefficient (Wildman–Crippen LogP) is 1.13. The van der Waals surface area contributed by atoms with Gasteiger partial charge >= 0.3 is 0 Å². The quantitative estimate of drug-likeness (QED) is 0.870. The molecule has 0 spiro atoms. The summed E-state index contributed by atoms with van der Waals surface area (Å²) in [7, 11) is 0. The van der Waals surface area contributed by atoms with E-state index in [9.17, 15) is 9.90 Å². The fourth-order valence-corrected chi connectivity index (χ4v) is 2.57. The molecule has 1 atom stereocenters. The summed E-state index contributed by atoms with van der Waals surface area (Å²) in [4.78, 5) is 18.5. The summed E-state index contributed by atoms with van der Waals surface area (Å²) in [5, 5.41) is 12.4. The summed E-state index contributed by atoms with van der Waals surface area (Å²) in [6.07, 6.45) is 1.29. The van der Waals surface area contributed by atoms with E-state index >= 15 is 0 Å². The van der Waals surface area contributed by atoms with Gasteiger partial charge in [0.1, 0.15) is 5.82 Å². The first-order chi connectivity index (χ1) is 9.95. The van der Waals surface area contributed by atoms with Crippen LogP contribution in [0.1, 0.15) is 31.1 Å². The van der Waals surface area contributed by atoms with Crippen molar-refractivity contribution in [2.24, 2.45) is 0 Å². The second kappa shape index (κ2) is 6.41. The molecule has 116 valence electrons. The predicted molar refractivity (Wildman–Crippen MR) is 80.3 cm³/mol. The number of morpholine rings is 1. The molecular weight excluding hydrogens is 270 g/mol.